The Morgan fingerprint density at radius 1 is 1.26 bits per heavy atom. The van der Waals surface area contributed by atoms with Crippen molar-refractivity contribution in [2.75, 3.05) is 5.75 Å². The van der Waals surface area contributed by atoms with Crippen molar-refractivity contribution in [2.45, 2.75) is 30.0 Å². The van der Waals surface area contributed by atoms with E-state index in [1.54, 1.807) is 0 Å². The first-order valence-corrected chi connectivity index (χ1v) is 7.42. The van der Waals surface area contributed by atoms with E-state index in [4.69, 9.17) is 5.11 Å². The minimum absolute atomic E-state index is 0.172. The van der Waals surface area contributed by atoms with Crippen LogP contribution in [-0.4, -0.2) is 25.4 Å². The third kappa shape index (κ3) is 3.27. The van der Waals surface area contributed by atoms with E-state index in [0.29, 0.717) is 18.9 Å². The van der Waals surface area contributed by atoms with Gasteiger partial charge in [0.25, 0.3) is 0 Å². The van der Waals surface area contributed by atoms with Gasteiger partial charge in [-0.25, -0.2) is 8.42 Å². The Hall–Kier alpha value is -1.08. The molecule has 1 aliphatic carbocycles. The van der Waals surface area contributed by atoms with Crippen molar-refractivity contribution < 1.29 is 26.7 Å². The molecule has 2 rings (SSSR count). The van der Waals surface area contributed by atoms with E-state index < -0.39 is 27.7 Å². The van der Waals surface area contributed by atoms with E-state index in [1.165, 1.54) is 6.07 Å². The lowest BCUT2D eigenvalue weighted by Gasteiger charge is -2.30. The molecule has 1 aliphatic rings. The largest absolute Gasteiger partial charge is 0.416 e. The minimum atomic E-state index is -4.56. The molecule has 1 N–H and O–H groups in total. The summed E-state index contributed by atoms with van der Waals surface area (Å²) in [7, 11) is -3.74. The summed E-state index contributed by atoms with van der Waals surface area (Å²) in [6.45, 7) is 0. The van der Waals surface area contributed by atoms with E-state index in [-0.39, 0.29) is 16.6 Å². The number of alkyl halides is 3. The van der Waals surface area contributed by atoms with Crippen LogP contribution in [0.15, 0.2) is 29.2 Å². The lowest BCUT2D eigenvalue weighted by atomic mass is 9.84. The van der Waals surface area contributed by atoms with Crippen molar-refractivity contribution in [1.29, 1.82) is 0 Å². The molecule has 0 aromatic heterocycles. The summed E-state index contributed by atoms with van der Waals surface area (Å²) >= 11 is 0. The van der Waals surface area contributed by atoms with Crippen LogP contribution in [0.5, 0.6) is 0 Å². The molecule has 1 saturated carbocycles. The van der Waals surface area contributed by atoms with Crippen LogP contribution in [0.3, 0.4) is 0 Å². The molecule has 3 nitrogen and oxygen atoms in total. The molecule has 1 aromatic carbocycles. The maximum Gasteiger partial charge on any atom is 0.416 e. The predicted octanol–water partition coefficient (Wildman–Crippen LogP) is 2.25. The Kier molecular flexibility index (Phi) is 3.61. The quantitative estimate of drug-likeness (QED) is 0.930. The number of aliphatic hydroxyl groups excluding tert-OH is 1. The average molecular weight is 294 g/mol. The van der Waals surface area contributed by atoms with Gasteiger partial charge in [-0.15, -0.1) is 0 Å². The van der Waals surface area contributed by atoms with Gasteiger partial charge >= 0.3 is 6.18 Å². The second-order valence-electron chi connectivity index (χ2n) is 4.80. The maximum atomic E-state index is 12.5. The molecular formula is C12H13F3O3S. The number of aliphatic hydroxyl groups is 1. The van der Waals surface area contributed by atoms with Crippen molar-refractivity contribution in [3.8, 4) is 0 Å². The summed E-state index contributed by atoms with van der Waals surface area (Å²) in [4.78, 5) is -0.316. The fourth-order valence-corrected chi connectivity index (χ4v) is 3.79. The predicted molar refractivity (Wildman–Crippen MR) is 62.2 cm³/mol. The van der Waals surface area contributed by atoms with E-state index in [2.05, 4.69) is 0 Å². The van der Waals surface area contributed by atoms with E-state index in [0.717, 1.165) is 12.1 Å². The summed E-state index contributed by atoms with van der Waals surface area (Å²) in [6, 6.07) is 3.75. The molecule has 0 aliphatic heterocycles. The van der Waals surface area contributed by atoms with Crippen LogP contribution < -0.4 is 0 Å². The first-order chi connectivity index (χ1) is 8.68. The lowest BCUT2D eigenvalue weighted by molar-refractivity contribution is -0.137. The lowest BCUT2D eigenvalue weighted by Crippen LogP contribution is -2.33. The summed E-state index contributed by atoms with van der Waals surface area (Å²) in [5, 5.41) is 9.09. The molecule has 0 saturated heterocycles. The van der Waals surface area contributed by atoms with Gasteiger partial charge in [0.05, 0.1) is 22.3 Å². The molecule has 0 spiro atoms. The van der Waals surface area contributed by atoms with Crippen LogP contribution >= 0.6 is 0 Å². The Morgan fingerprint density at radius 2 is 1.89 bits per heavy atom. The maximum absolute atomic E-state index is 12.5. The minimum Gasteiger partial charge on any atom is -0.393 e. The Labute approximate surface area is 109 Å². The standard InChI is InChI=1S/C12H13F3O3S/c13-12(14,15)9-2-1-3-11(6-9)19(17,18)7-8-4-10(16)5-8/h1-3,6,8,10,16H,4-5,7H2. The summed E-state index contributed by atoms with van der Waals surface area (Å²) in [5.41, 5.74) is -0.970. The first-order valence-electron chi connectivity index (χ1n) is 5.76. The van der Waals surface area contributed by atoms with Gasteiger partial charge in [-0.05, 0) is 37.0 Å². The summed E-state index contributed by atoms with van der Waals surface area (Å²) < 4.78 is 61.5. The van der Waals surface area contributed by atoms with Gasteiger partial charge in [-0.2, -0.15) is 13.2 Å². The van der Waals surface area contributed by atoms with Crippen molar-refractivity contribution >= 4 is 9.84 Å². The number of rotatable bonds is 3. The number of hydrogen-bond donors (Lipinski definition) is 1. The third-order valence-corrected chi connectivity index (χ3v) is 5.07. The monoisotopic (exact) mass is 294 g/mol. The van der Waals surface area contributed by atoms with E-state index in [1.807, 2.05) is 0 Å². The highest BCUT2D eigenvalue weighted by atomic mass is 32.2. The second kappa shape index (κ2) is 4.79. The molecule has 0 heterocycles. The molecular weight excluding hydrogens is 281 g/mol. The van der Waals surface area contributed by atoms with Crippen LogP contribution in [0.2, 0.25) is 0 Å². The van der Waals surface area contributed by atoms with E-state index >= 15 is 0 Å². The van der Waals surface area contributed by atoms with Gasteiger partial charge in [-0.1, -0.05) is 6.07 Å². The van der Waals surface area contributed by atoms with Gasteiger partial charge < -0.3 is 5.11 Å². The fourth-order valence-electron chi connectivity index (χ4n) is 2.11. The first kappa shape index (κ1) is 14.3. The molecule has 1 aromatic rings. The molecule has 1 fully saturated rings. The van der Waals surface area contributed by atoms with Crippen LogP contribution in [-0.2, 0) is 16.0 Å². The summed E-state index contributed by atoms with van der Waals surface area (Å²) in [5.74, 6) is -0.389. The smallest absolute Gasteiger partial charge is 0.393 e. The molecule has 0 unspecified atom stereocenters. The number of halogens is 3. The topological polar surface area (TPSA) is 54.4 Å². The number of sulfone groups is 1. The van der Waals surface area contributed by atoms with Crippen LogP contribution in [0, 0.1) is 5.92 Å². The van der Waals surface area contributed by atoms with Gasteiger partial charge in [0, 0.05) is 0 Å². The zero-order valence-electron chi connectivity index (χ0n) is 9.89. The van der Waals surface area contributed by atoms with Gasteiger partial charge in [0.15, 0.2) is 9.84 Å². The molecule has 0 amide bonds. The van der Waals surface area contributed by atoms with Gasteiger partial charge in [0.1, 0.15) is 0 Å². The Balaban J connectivity index is 2.21. The zero-order valence-corrected chi connectivity index (χ0v) is 10.7. The summed E-state index contributed by atoms with van der Waals surface area (Å²) in [6.07, 6.45) is -4.27. The van der Waals surface area contributed by atoms with E-state index in [9.17, 15) is 21.6 Å². The highest BCUT2D eigenvalue weighted by molar-refractivity contribution is 7.91. The fraction of sp³-hybridized carbons (Fsp3) is 0.500. The molecule has 0 radical (unpaired) electrons. The SMILES string of the molecule is O=S(=O)(CC1CC(O)C1)c1cccc(C(F)(F)F)c1. The van der Waals surface area contributed by atoms with Gasteiger partial charge in [-0.3, -0.25) is 0 Å². The van der Waals surface area contributed by atoms with Crippen molar-refractivity contribution in [1.82, 2.24) is 0 Å². The third-order valence-electron chi connectivity index (χ3n) is 3.19. The highest BCUT2D eigenvalue weighted by Gasteiger charge is 2.34. The average Bonchev–Trinajstić information content (AvgIpc) is 2.26. The second-order valence-corrected chi connectivity index (χ2v) is 6.83. The molecule has 106 valence electrons. The molecule has 7 heteroatoms. The zero-order chi connectivity index (χ0) is 14.3. The van der Waals surface area contributed by atoms with Crippen molar-refractivity contribution in [2.24, 2.45) is 5.92 Å². The van der Waals surface area contributed by atoms with Crippen LogP contribution in [0.4, 0.5) is 13.2 Å². The Bertz CT molecular complexity index is 560. The molecule has 0 atom stereocenters. The molecule has 0 bridgehead atoms. The number of hydrogen-bond acceptors (Lipinski definition) is 3. The highest BCUT2D eigenvalue weighted by Crippen LogP contribution is 2.33. The number of benzene rings is 1. The van der Waals surface area contributed by atoms with Crippen molar-refractivity contribution in [3.63, 3.8) is 0 Å². The van der Waals surface area contributed by atoms with Crippen LogP contribution in [0.1, 0.15) is 18.4 Å². The Morgan fingerprint density at radius 3 is 2.42 bits per heavy atom. The van der Waals surface area contributed by atoms with Crippen molar-refractivity contribution in [3.05, 3.63) is 29.8 Å². The normalized spacial score (nSPS) is 24.0. The molecule has 19 heavy (non-hydrogen) atoms. The van der Waals surface area contributed by atoms with Gasteiger partial charge in [0.2, 0.25) is 0 Å². The van der Waals surface area contributed by atoms with Crippen LogP contribution in [0.25, 0.3) is 0 Å².